The minimum atomic E-state index is -4.08. The molecule has 5 amide bonds. The number of likely N-dealkylation sites (tertiary alicyclic amines) is 1. The number of aryl methyl sites for hydroxylation is 2. The first-order chi connectivity index (χ1) is 38.3. The van der Waals surface area contributed by atoms with Crippen LogP contribution in [0.1, 0.15) is 167 Å². The largest absolute Gasteiger partial charge is 0.493 e. The highest BCUT2D eigenvalue weighted by Gasteiger charge is 2.28. The highest BCUT2D eigenvalue weighted by atomic mass is 32.2. The number of carbonyl (C=O) groups excluding carboxylic acids is 6. The van der Waals surface area contributed by atoms with Crippen molar-refractivity contribution in [1.29, 1.82) is 0 Å². The molecule has 0 bridgehead atoms. The number of aliphatic carboxylic acids is 1. The number of hydrogen-bond donors (Lipinski definition) is 6. The molecule has 4 atom stereocenters. The number of carboxylic acid groups (broad SMARTS) is 1. The number of ether oxygens (including phenoxy) is 1. The Kier molecular flexibility index (Phi) is 32.5. The van der Waals surface area contributed by atoms with Crippen molar-refractivity contribution in [3.05, 3.63) is 99.9 Å². The third-order valence-electron chi connectivity index (χ3n) is 12.6. The van der Waals surface area contributed by atoms with E-state index in [0.29, 0.717) is 36.7 Å². The van der Waals surface area contributed by atoms with Crippen molar-refractivity contribution in [3.63, 3.8) is 0 Å². The van der Waals surface area contributed by atoms with E-state index in [0.717, 1.165) is 61.1 Å². The molecule has 1 aromatic heterocycles. The number of amides is 5. The number of Topliss-reactive ketones (excluding diaryl/α,β-unsaturated/α-hetero) is 1. The van der Waals surface area contributed by atoms with Crippen LogP contribution in [0, 0.1) is 5.92 Å². The highest BCUT2D eigenvalue weighted by Crippen LogP contribution is 2.32. The fourth-order valence-electron chi connectivity index (χ4n) is 8.46. The summed E-state index contributed by atoms with van der Waals surface area (Å²) in [5, 5.41) is 22.2. The van der Waals surface area contributed by atoms with Gasteiger partial charge in [0.1, 0.15) is 17.5 Å². The van der Waals surface area contributed by atoms with E-state index in [4.69, 9.17) is 14.4 Å². The van der Waals surface area contributed by atoms with E-state index in [1.54, 1.807) is 52.0 Å². The van der Waals surface area contributed by atoms with Gasteiger partial charge in [0, 0.05) is 34.1 Å². The minimum absolute atomic E-state index is 0.00797. The summed E-state index contributed by atoms with van der Waals surface area (Å²) in [5.41, 5.74) is 4.52. The molecule has 2 heterocycles. The first-order valence-corrected chi connectivity index (χ1v) is 31.4. The Morgan fingerprint density at radius 2 is 1.63 bits per heavy atom. The van der Waals surface area contributed by atoms with E-state index in [-0.39, 0.29) is 67.1 Å². The van der Waals surface area contributed by atoms with Crippen LogP contribution in [0.2, 0.25) is 0 Å². The van der Waals surface area contributed by atoms with Crippen LogP contribution in [0.3, 0.4) is 0 Å². The van der Waals surface area contributed by atoms with Crippen LogP contribution in [0.15, 0.2) is 77.0 Å². The van der Waals surface area contributed by atoms with Gasteiger partial charge in [-0.25, -0.2) is 0 Å². The van der Waals surface area contributed by atoms with E-state index >= 15 is 0 Å². The van der Waals surface area contributed by atoms with Gasteiger partial charge in [0.2, 0.25) is 30.0 Å². The molecule has 6 N–H and O–H groups in total. The summed E-state index contributed by atoms with van der Waals surface area (Å²) in [5.74, 6) is -1.37. The zero-order chi connectivity index (χ0) is 60.7. The standard InChI is InChI=1S/C21H32N2O5S2.C14H16O2.C13H23N3O5.C10H10S.C3H8/c1-4-15(2)12-19(21(25)22-13-20(24)23-11-5-6-16(23)3)29-18-9-7-17(8-10-18)14-30(26,27)28;1-3-16-13-9-8-11-6-4-5-7-12(11)14(13)10(2)15;1-13(2,3)16-12(21)9(5-4-6-11(19)20)15-10(18)7-14-8-17;1-2-8-7-11-10-6-4-3-5-9(8)10;1-3-2/h7-10,15-16,19H,4-6,11-14H2,1-3H3,(H,22,25)(H,26,27,28);5,7-9H,3-4,6H2,1-2H3;8-9H,4-7H2,1-3H3,(H,14,17)(H,15,18)(H,16,21)(H,19,20);3-7H,2H2,1H3;3H2,1-2H3. The molecule has 448 valence electrons. The molecule has 4 aromatic rings. The van der Waals surface area contributed by atoms with Crippen LogP contribution in [-0.2, 0) is 57.5 Å². The van der Waals surface area contributed by atoms with Crippen LogP contribution >= 0.6 is 23.1 Å². The van der Waals surface area contributed by atoms with Crippen LogP contribution in [-0.4, -0.2) is 114 Å². The maximum atomic E-state index is 12.8. The summed E-state index contributed by atoms with van der Waals surface area (Å²) < 4.78 is 37.9. The van der Waals surface area contributed by atoms with Gasteiger partial charge in [-0.15, -0.1) is 23.1 Å². The smallest absolute Gasteiger partial charge is 0.303 e. The fraction of sp³-hybridized carbons (Fsp3) is 0.525. The van der Waals surface area contributed by atoms with Gasteiger partial charge in [-0.2, -0.15) is 8.42 Å². The predicted molar refractivity (Wildman–Crippen MR) is 326 cm³/mol. The van der Waals surface area contributed by atoms with Crippen LogP contribution < -0.4 is 26.0 Å². The van der Waals surface area contributed by atoms with Crippen LogP contribution in [0.5, 0.6) is 5.75 Å². The zero-order valence-electron chi connectivity index (χ0n) is 49.4. The lowest BCUT2D eigenvalue weighted by Gasteiger charge is -2.25. The van der Waals surface area contributed by atoms with Crippen LogP contribution in [0.25, 0.3) is 16.2 Å². The number of fused-ring (bicyclic) bond motifs is 2. The molecule has 81 heavy (non-hydrogen) atoms. The van der Waals surface area contributed by atoms with Gasteiger partial charge < -0.3 is 36.0 Å². The summed E-state index contributed by atoms with van der Waals surface area (Å²) in [6, 6.07) is 18.7. The van der Waals surface area contributed by atoms with Crippen molar-refractivity contribution >= 4 is 91.2 Å². The number of ketones is 1. The van der Waals surface area contributed by atoms with Crippen molar-refractivity contribution in [2.24, 2.45) is 5.92 Å². The zero-order valence-corrected chi connectivity index (χ0v) is 51.8. The van der Waals surface area contributed by atoms with Crippen molar-refractivity contribution < 1.29 is 56.4 Å². The number of nitrogens with one attached hydrogen (secondary N) is 4. The molecule has 17 nitrogen and oxygen atoms in total. The molecule has 2 aliphatic rings. The molecular formula is C61H89N5O12S3. The van der Waals surface area contributed by atoms with Crippen LogP contribution in [0.4, 0.5) is 0 Å². The van der Waals surface area contributed by atoms with E-state index in [2.05, 4.69) is 97.7 Å². The van der Waals surface area contributed by atoms with Gasteiger partial charge in [-0.3, -0.25) is 38.1 Å². The summed E-state index contributed by atoms with van der Waals surface area (Å²) in [4.78, 5) is 83.9. The maximum absolute atomic E-state index is 12.8. The van der Waals surface area contributed by atoms with E-state index < -0.39 is 39.3 Å². The summed E-state index contributed by atoms with van der Waals surface area (Å²) >= 11 is 3.24. The molecule has 1 aliphatic heterocycles. The molecule has 1 aliphatic carbocycles. The second-order valence-electron chi connectivity index (χ2n) is 20.9. The molecular weight excluding hydrogens is 1090 g/mol. The lowest BCUT2D eigenvalue weighted by atomic mass is 9.91. The van der Waals surface area contributed by atoms with Gasteiger partial charge >= 0.3 is 5.97 Å². The Balaban J connectivity index is 0.000000383. The van der Waals surface area contributed by atoms with Gasteiger partial charge in [-0.1, -0.05) is 96.0 Å². The van der Waals surface area contributed by atoms with Gasteiger partial charge in [0.05, 0.1) is 30.5 Å². The number of benzene rings is 3. The lowest BCUT2D eigenvalue weighted by molar-refractivity contribution is -0.137. The number of thioether (sulfide) groups is 1. The number of nitrogens with zero attached hydrogens (tertiary/aromatic N) is 1. The van der Waals surface area contributed by atoms with Gasteiger partial charge in [0.15, 0.2) is 5.78 Å². The fourth-order valence-corrected chi connectivity index (χ4v) is 11.4. The minimum Gasteiger partial charge on any atom is -0.493 e. The second-order valence-corrected chi connectivity index (χ2v) is 24.6. The molecule has 1 saturated heterocycles. The van der Waals surface area contributed by atoms with E-state index in [1.807, 2.05) is 42.2 Å². The molecule has 0 spiro atoms. The van der Waals surface area contributed by atoms with Gasteiger partial charge in [-0.05, 0) is 156 Å². The first kappa shape index (κ1) is 71.0. The van der Waals surface area contributed by atoms with Crippen molar-refractivity contribution in [2.45, 2.75) is 180 Å². The quantitative estimate of drug-likeness (QED) is 0.0175. The van der Waals surface area contributed by atoms with Gasteiger partial charge in [0.25, 0.3) is 10.1 Å². The normalized spacial score (nSPS) is 14.4. The molecule has 20 heteroatoms. The molecule has 4 unspecified atom stereocenters. The van der Waals surface area contributed by atoms with Crippen molar-refractivity contribution in [3.8, 4) is 5.75 Å². The summed E-state index contributed by atoms with van der Waals surface area (Å²) in [7, 11) is -4.08. The monoisotopic (exact) mass is 1180 g/mol. The maximum Gasteiger partial charge on any atom is 0.303 e. The Labute approximate surface area is 489 Å². The third-order valence-corrected chi connectivity index (χ3v) is 15.5. The Hall–Kier alpha value is -6.09. The number of allylic oxidation sites excluding steroid dienone is 1. The highest BCUT2D eigenvalue weighted by molar-refractivity contribution is 8.00. The molecule has 3 aromatic carbocycles. The number of carbonyl (C=O) groups is 7. The Morgan fingerprint density at radius 3 is 2.20 bits per heavy atom. The number of rotatable bonds is 23. The first-order valence-electron chi connectivity index (χ1n) is 28.0. The average Bonchev–Trinajstić information content (AvgIpc) is 4.06. The second kappa shape index (κ2) is 37.1. The lowest BCUT2D eigenvalue weighted by Crippen LogP contribution is -2.53. The van der Waals surface area contributed by atoms with Crippen molar-refractivity contribution in [1.82, 2.24) is 26.2 Å². The topological polar surface area (TPSA) is 255 Å². The third kappa shape index (κ3) is 27.5. The van der Waals surface area contributed by atoms with Crippen molar-refractivity contribution in [2.75, 3.05) is 26.2 Å². The SMILES string of the molecule is CC(C)(C)NC(=O)C(CCCC(=O)O)NC(=O)CNC=O.CCC.CCC(C)CC(Sc1ccc(CS(=O)(=O)O)cc1)C(=O)NCC(=O)N1CCCC1C.CCOc1ccc2c(c1C(C)=O)C=CCC2.CCc1csc2ccccc12. The number of hydrogen-bond acceptors (Lipinski definition) is 12. The Morgan fingerprint density at radius 1 is 0.951 bits per heavy atom. The molecule has 1 fully saturated rings. The molecule has 6 rings (SSSR count). The number of carboxylic acids is 1. The Bertz CT molecular complexity index is 2770. The predicted octanol–water partition coefficient (Wildman–Crippen LogP) is 10.6. The molecule has 0 saturated carbocycles. The van der Waals surface area contributed by atoms with E-state index in [9.17, 15) is 42.0 Å². The number of thiophene rings is 1. The molecule has 0 radical (unpaired) electrons. The van der Waals surface area contributed by atoms with E-state index in [1.165, 1.54) is 39.4 Å². The average molecular weight is 1180 g/mol. The summed E-state index contributed by atoms with van der Waals surface area (Å²) in [6.45, 7) is 22.7. The summed E-state index contributed by atoms with van der Waals surface area (Å²) in [6.07, 6.45) is 13.0.